The number of fused-ring (bicyclic) bond motifs is 1. The van der Waals surface area contributed by atoms with E-state index in [1.807, 2.05) is 32.3 Å². The fourth-order valence-corrected chi connectivity index (χ4v) is 1.82. The Morgan fingerprint density at radius 1 is 1.27 bits per heavy atom. The molecule has 0 aliphatic carbocycles. The Morgan fingerprint density at radius 2 is 2.07 bits per heavy atom. The van der Waals surface area contributed by atoms with Crippen molar-refractivity contribution in [1.29, 1.82) is 0 Å². The molecule has 2 N–H and O–H groups in total. The monoisotopic (exact) mass is 200 g/mol. The van der Waals surface area contributed by atoms with Crippen molar-refractivity contribution in [3.05, 3.63) is 42.2 Å². The maximum absolute atomic E-state index is 6.04. The van der Waals surface area contributed by atoms with Gasteiger partial charge in [-0.3, -0.25) is 4.98 Å². The van der Waals surface area contributed by atoms with E-state index in [9.17, 15) is 0 Å². The van der Waals surface area contributed by atoms with Gasteiger partial charge in [-0.25, -0.2) is 0 Å². The lowest BCUT2D eigenvalue weighted by Crippen LogP contribution is -2.34. The van der Waals surface area contributed by atoms with Crippen LogP contribution in [0.4, 0.5) is 0 Å². The predicted molar refractivity (Wildman–Crippen MR) is 63.7 cm³/mol. The molecule has 1 aromatic carbocycles. The van der Waals surface area contributed by atoms with Crippen LogP contribution < -0.4 is 5.73 Å². The van der Waals surface area contributed by atoms with Crippen molar-refractivity contribution in [2.45, 2.75) is 25.8 Å². The lowest BCUT2D eigenvalue weighted by atomic mass is 9.93. The lowest BCUT2D eigenvalue weighted by molar-refractivity contribution is 0.518. The fraction of sp³-hybridized carbons (Fsp3) is 0.308. The molecule has 0 spiro atoms. The number of rotatable bonds is 2. The van der Waals surface area contributed by atoms with E-state index in [0.29, 0.717) is 0 Å². The first-order valence-electron chi connectivity index (χ1n) is 5.17. The molecule has 0 atom stereocenters. The molecule has 0 saturated carbocycles. The SMILES string of the molecule is CC(C)(N)Cc1cccc2ccncc12. The zero-order chi connectivity index (χ0) is 10.9. The van der Waals surface area contributed by atoms with Crippen LogP contribution in [0.5, 0.6) is 0 Å². The number of hydrogen-bond donors (Lipinski definition) is 1. The summed E-state index contributed by atoms with van der Waals surface area (Å²) in [6.45, 7) is 4.09. The fourth-order valence-electron chi connectivity index (χ4n) is 1.82. The smallest absolute Gasteiger partial charge is 0.0349 e. The quantitative estimate of drug-likeness (QED) is 0.809. The Balaban J connectivity index is 2.52. The summed E-state index contributed by atoms with van der Waals surface area (Å²) in [5, 5.41) is 2.44. The van der Waals surface area contributed by atoms with Crippen molar-refractivity contribution in [2.75, 3.05) is 0 Å². The molecule has 15 heavy (non-hydrogen) atoms. The molecular weight excluding hydrogens is 184 g/mol. The Hall–Kier alpha value is -1.41. The van der Waals surface area contributed by atoms with Gasteiger partial charge in [-0.15, -0.1) is 0 Å². The zero-order valence-electron chi connectivity index (χ0n) is 9.20. The van der Waals surface area contributed by atoms with Gasteiger partial charge < -0.3 is 5.73 Å². The van der Waals surface area contributed by atoms with Gasteiger partial charge in [0.15, 0.2) is 0 Å². The highest BCUT2D eigenvalue weighted by molar-refractivity contribution is 5.84. The zero-order valence-corrected chi connectivity index (χ0v) is 9.20. The van der Waals surface area contributed by atoms with Crippen molar-refractivity contribution < 1.29 is 0 Å². The molecule has 0 amide bonds. The number of aromatic nitrogens is 1. The molecule has 1 heterocycles. The van der Waals surface area contributed by atoms with E-state index < -0.39 is 0 Å². The van der Waals surface area contributed by atoms with E-state index in [0.717, 1.165) is 6.42 Å². The lowest BCUT2D eigenvalue weighted by Gasteiger charge is -2.19. The first kappa shape index (κ1) is 10.1. The van der Waals surface area contributed by atoms with E-state index in [2.05, 4.69) is 23.2 Å². The maximum Gasteiger partial charge on any atom is 0.0349 e. The van der Waals surface area contributed by atoms with Gasteiger partial charge in [0.1, 0.15) is 0 Å². The number of hydrogen-bond acceptors (Lipinski definition) is 2. The van der Waals surface area contributed by atoms with Gasteiger partial charge in [0.2, 0.25) is 0 Å². The second kappa shape index (κ2) is 3.63. The molecule has 0 radical (unpaired) electrons. The molecule has 0 bridgehead atoms. The first-order valence-corrected chi connectivity index (χ1v) is 5.17. The third-order valence-electron chi connectivity index (χ3n) is 2.42. The summed E-state index contributed by atoms with van der Waals surface area (Å²) in [7, 11) is 0. The summed E-state index contributed by atoms with van der Waals surface area (Å²) in [5.74, 6) is 0. The van der Waals surface area contributed by atoms with Crippen LogP contribution >= 0.6 is 0 Å². The predicted octanol–water partition coefficient (Wildman–Crippen LogP) is 2.51. The minimum absolute atomic E-state index is 0.176. The number of nitrogens with two attached hydrogens (primary N) is 1. The summed E-state index contributed by atoms with van der Waals surface area (Å²) in [6, 6.07) is 8.33. The van der Waals surface area contributed by atoms with Gasteiger partial charge in [-0.2, -0.15) is 0 Å². The highest BCUT2D eigenvalue weighted by Crippen LogP contribution is 2.20. The number of benzene rings is 1. The summed E-state index contributed by atoms with van der Waals surface area (Å²) in [6.07, 6.45) is 4.60. The normalized spacial score (nSPS) is 11.9. The van der Waals surface area contributed by atoms with Crippen molar-refractivity contribution in [3.63, 3.8) is 0 Å². The van der Waals surface area contributed by atoms with Crippen LogP contribution in [0.15, 0.2) is 36.7 Å². The van der Waals surface area contributed by atoms with Crippen molar-refractivity contribution in [1.82, 2.24) is 4.98 Å². The van der Waals surface area contributed by atoms with Crippen LogP contribution in [0.1, 0.15) is 19.4 Å². The van der Waals surface area contributed by atoms with Crippen LogP contribution in [0, 0.1) is 0 Å². The highest BCUT2D eigenvalue weighted by Gasteiger charge is 2.13. The summed E-state index contributed by atoms with van der Waals surface area (Å²) < 4.78 is 0. The Labute approximate surface area is 90.1 Å². The average molecular weight is 200 g/mol. The van der Waals surface area contributed by atoms with E-state index in [4.69, 9.17) is 5.73 Å². The minimum Gasteiger partial charge on any atom is -0.325 e. The van der Waals surface area contributed by atoms with Crippen molar-refractivity contribution in [3.8, 4) is 0 Å². The summed E-state index contributed by atoms with van der Waals surface area (Å²) in [4.78, 5) is 4.16. The largest absolute Gasteiger partial charge is 0.325 e. The Bertz CT molecular complexity index is 464. The third kappa shape index (κ3) is 2.34. The van der Waals surface area contributed by atoms with Crippen molar-refractivity contribution in [2.24, 2.45) is 5.73 Å². The molecule has 1 aromatic heterocycles. The number of pyridine rings is 1. The van der Waals surface area contributed by atoms with Crippen LogP contribution in [0.3, 0.4) is 0 Å². The van der Waals surface area contributed by atoms with Gasteiger partial charge in [0, 0.05) is 23.3 Å². The van der Waals surface area contributed by atoms with Gasteiger partial charge >= 0.3 is 0 Å². The van der Waals surface area contributed by atoms with Crippen LogP contribution in [-0.2, 0) is 6.42 Å². The van der Waals surface area contributed by atoms with Crippen molar-refractivity contribution >= 4 is 10.8 Å². The van der Waals surface area contributed by atoms with Crippen LogP contribution in [0.2, 0.25) is 0 Å². The van der Waals surface area contributed by atoms with E-state index in [1.54, 1.807) is 0 Å². The van der Waals surface area contributed by atoms with E-state index >= 15 is 0 Å². The topological polar surface area (TPSA) is 38.9 Å². The first-order chi connectivity index (χ1) is 7.06. The van der Waals surface area contributed by atoms with Gasteiger partial charge in [-0.05, 0) is 37.3 Å². The molecule has 0 saturated heterocycles. The van der Waals surface area contributed by atoms with Gasteiger partial charge in [0.25, 0.3) is 0 Å². The third-order valence-corrected chi connectivity index (χ3v) is 2.42. The summed E-state index contributed by atoms with van der Waals surface area (Å²) >= 11 is 0. The molecule has 0 fully saturated rings. The van der Waals surface area contributed by atoms with Gasteiger partial charge in [-0.1, -0.05) is 18.2 Å². The second-order valence-corrected chi connectivity index (χ2v) is 4.68. The summed E-state index contributed by atoms with van der Waals surface area (Å²) in [5.41, 5.74) is 7.13. The van der Waals surface area contributed by atoms with E-state index in [1.165, 1.54) is 16.3 Å². The molecule has 2 rings (SSSR count). The molecule has 0 unspecified atom stereocenters. The number of nitrogens with zero attached hydrogens (tertiary/aromatic N) is 1. The molecule has 0 aliphatic rings. The minimum atomic E-state index is -0.176. The van der Waals surface area contributed by atoms with Crippen LogP contribution in [0.25, 0.3) is 10.8 Å². The molecule has 0 aliphatic heterocycles. The molecule has 78 valence electrons. The molecule has 2 aromatic rings. The molecular formula is C13H16N2. The molecule has 2 nitrogen and oxygen atoms in total. The van der Waals surface area contributed by atoms with Crippen LogP contribution in [-0.4, -0.2) is 10.5 Å². The second-order valence-electron chi connectivity index (χ2n) is 4.68. The Morgan fingerprint density at radius 3 is 2.80 bits per heavy atom. The van der Waals surface area contributed by atoms with Gasteiger partial charge in [0.05, 0.1) is 0 Å². The highest BCUT2D eigenvalue weighted by atomic mass is 14.7. The average Bonchev–Trinajstić information content (AvgIpc) is 2.16. The maximum atomic E-state index is 6.04. The standard InChI is InChI=1S/C13H16N2/c1-13(2,14)8-11-5-3-4-10-6-7-15-9-12(10)11/h3-7,9H,8,14H2,1-2H3. The molecule has 2 heteroatoms. The Kier molecular flexibility index (Phi) is 2.45. The van der Waals surface area contributed by atoms with E-state index in [-0.39, 0.29) is 5.54 Å².